The molecule has 6 nitrogen and oxygen atoms in total. The number of rotatable bonds is 4. The number of nitrogens with zero attached hydrogens (tertiary/aromatic N) is 2. The summed E-state index contributed by atoms with van der Waals surface area (Å²) in [6.45, 7) is 4.96. The Balaban J connectivity index is 1.71. The summed E-state index contributed by atoms with van der Waals surface area (Å²) in [6, 6.07) is 5.74. The molecule has 0 radical (unpaired) electrons. The van der Waals surface area contributed by atoms with Gasteiger partial charge in [-0.05, 0) is 50.8 Å². The molecule has 3 rings (SSSR count). The number of carbonyl (C=O) groups is 3. The van der Waals surface area contributed by atoms with Gasteiger partial charge in [-0.2, -0.15) is 0 Å². The van der Waals surface area contributed by atoms with Crippen LogP contribution in [0.4, 0.5) is 4.39 Å². The maximum atomic E-state index is 13.4. The van der Waals surface area contributed by atoms with Gasteiger partial charge in [0.25, 0.3) is 0 Å². The van der Waals surface area contributed by atoms with Crippen molar-refractivity contribution in [3.05, 3.63) is 35.6 Å². The van der Waals surface area contributed by atoms with Crippen LogP contribution in [0.25, 0.3) is 0 Å². The fourth-order valence-corrected chi connectivity index (χ4v) is 4.41. The van der Waals surface area contributed by atoms with Crippen LogP contribution in [0.1, 0.15) is 51.1 Å². The van der Waals surface area contributed by atoms with E-state index in [0.717, 1.165) is 5.56 Å². The van der Waals surface area contributed by atoms with Crippen molar-refractivity contribution in [3.8, 4) is 0 Å². The molecule has 2 aliphatic heterocycles. The molecule has 158 valence electrons. The van der Waals surface area contributed by atoms with Gasteiger partial charge in [-0.25, -0.2) is 4.39 Å². The second-order valence-corrected chi connectivity index (χ2v) is 8.41. The fourth-order valence-electron chi connectivity index (χ4n) is 4.41. The minimum absolute atomic E-state index is 0.00700. The third-order valence-corrected chi connectivity index (χ3v) is 6.00. The van der Waals surface area contributed by atoms with E-state index in [0.29, 0.717) is 38.8 Å². The monoisotopic (exact) mass is 403 g/mol. The molecule has 0 bridgehead atoms. The van der Waals surface area contributed by atoms with Gasteiger partial charge in [0.15, 0.2) is 0 Å². The molecule has 0 spiro atoms. The predicted molar refractivity (Wildman–Crippen MR) is 107 cm³/mol. The molecule has 1 N–H and O–H groups in total. The molecule has 2 aliphatic rings. The van der Waals surface area contributed by atoms with Crippen molar-refractivity contribution in [3.63, 3.8) is 0 Å². The molecule has 0 saturated carbocycles. The number of piperidine rings is 2. The zero-order valence-electron chi connectivity index (χ0n) is 17.4. The first-order valence-corrected chi connectivity index (χ1v) is 10.4. The molecular formula is C22H30FN3O3. The maximum absolute atomic E-state index is 13.4. The van der Waals surface area contributed by atoms with E-state index in [4.69, 9.17) is 0 Å². The van der Waals surface area contributed by atoms with Crippen molar-refractivity contribution in [1.82, 2.24) is 15.1 Å². The number of hydrogen-bond acceptors (Lipinski definition) is 3. The number of nitrogens with one attached hydrogen (secondary N) is 1. The number of likely N-dealkylation sites (tertiary alicyclic amines) is 2. The first kappa shape index (κ1) is 21.3. The third kappa shape index (κ3) is 4.77. The zero-order chi connectivity index (χ0) is 21.1. The number of carbonyl (C=O) groups excluding carboxylic acids is 3. The van der Waals surface area contributed by atoms with Crippen LogP contribution in [0.3, 0.4) is 0 Å². The smallest absolute Gasteiger partial charge is 0.228 e. The van der Waals surface area contributed by atoms with Gasteiger partial charge in [0.2, 0.25) is 17.7 Å². The largest absolute Gasteiger partial charge is 0.354 e. The van der Waals surface area contributed by atoms with Crippen LogP contribution >= 0.6 is 0 Å². The highest BCUT2D eigenvalue weighted by molar-refractivity contribution is 5.85. The van der Waals surface area contributed by atoms with E-state index in [1.54, 1.807) is 24.1 Å². The molecule has 7 heteroatoms. The highest BCUT2D eigenvalue weighted by Gasteiger charge is 2.41. The van der Waals surface area contributed by atoms with Crippen molar-refractivity contribution >= 4 is 17.7 Å². The molecule has 2 atom stereocenters. The molecule has 2 heterocycles. The molecule has 2 fully saturated rings. The van der Waals surface area contributed by atoms with Crippen LogP contribution in [0.5, 0.6) is 0 Å². The molecule has 1 aromatic rings. The van der Waals surface area contributed by atoms with E-state index in [1.165, 1.54) is 12.1 Å². The Morgan fingerprint density at radius 3 is 2.31 bits per heavy atom. The van der Waals surface area contributed by atoms with E-state index in [2.05, 4.69) is 5.32 Å². The fraction of sp³-hybridized carbons (Fsp3) is 0.591. The lowest BCUT2D eigenvalue weighted by atomic mass is 9.83. The maximum Gasteiger partial charge on any atom is 0.228 e. The number of amides is 3. The average Bonchev–Trinajstić information content (AvgIpc) is 2.70. The second kappa shape index (κ2) is 8.93. The highest BCUT2D eigenvalue weighted by Crippen LogP contribution is 2.37. The van der Waals surface area contributed by atoms with Crippen molar-refractivity contribution < 1.29 is 18.8 Å². The van der Waals surface area contributed by atoms with Crippen molar-refractivity contribution in [2.45, 2.75) is 51.6 Å². The average molecular weight is 403 g/mol. The summed E-state index contributed by atoms with van der Waals surface area (Å²) in [6.07, 6.45) is 2.11. The summed E-state index contributed by atoms with van der Waals surface area (Å²) < 4.78 is 13.4. The minimum Gasteiger partial charge on any atom is -0.354 e. The lowest BCUT2D eigenvalue weighted by Crippen LogP contribution is -2.50. The molecule has 29 heavy (non-hydrogen) atoms. The topological polar surface area (TPSA) is 69.7 Å². The lowest BCUT2D eigenvalue weighted by Gasteiger charge is -2.42. The second-order valence-electron chi connectivity index (χ2n) is 8.41. The molecule has 0 aliphatic carbocycles. The summed E-state index contributed by atoms with van der Waals surface area (Å²) in [7, 11) is 1.71. The van der Waals surface area contributed by atoms with Crippen LogP contribution in [0, 0.1) is 17.7 Å². The third-order valence-electron chi connectivity index (χ3n) is 6.00. The first-order valence-electron chi connectivity index (χ1n) is 10.4. The van der Waals surface area contributed by atoms with Crippen LogP contribution in [0.15, 0.2) is 24.3 Å². The van der Waals surface area contributed by atoms with Crippen LogP contribution in [-0.2, 0) is 14.4 Å². The summed E-state index contributed by atoms with van der Waals surface area (Å²) in [5.74, 6) is -0.703. The van der Waals surface area contributed by atoms with Gasteiger partial charge < -0.3 is 15.1 Å². The molecule has 0 aromatic heterocycles. The lowest BCUT2D eigenvalue weighted by molar-refractivity contribution is -0.148. The Kier molecular flexibility index (Phi) is 6.55. The number of halogens is 1. The van der Waals surface area contributed by atoms with Crippen LogP contribution in [-0.4, -0.2) is 53.7 Å². The van der Waals surface area contributed by atoms with Gasteiger partial charge in [-0.1, -0.05) is 12.1 Å². The number of hydrogen-bond donors (Lipinski definition) is 1. The Hall–Kier alpha value is -2.44. The number of benzene rings is 1. The molecule has 2 unspecified atom stereocenters. The Labute approximate surface area is 171 Å². The van der Waals surface area contributed by atoms with Crippen molar-refractivity contribution in [2.24, 2.45) is 11.8 Å². The highest BCUT2D eigenvalue weighted by atomic mass is 19.1. The van der Waals surface area contributed by atoms with Crippen LogP contribution < -0.4 is 5.32 Å². The van der Waals surface area contributed by atoms with Gasteiger partial charge in [-0.15, -0.1) is 0 Å². The Bertz CT molecular complexity index is 757. The summed E-state index contributed by atoms with van der Waals surface area (Å²) >= 11 is 0. The van der Waals surface area contributed by atoms with Crippen molar-refractivity contribution in [1.29, 1.82) is 0 Å². The van der Waals surface area contributed by atoms with Gasteiger partial charge in [0.05, 0.1) is 12.0 Å². The standard InChI is InChI=1S/C22H30FN3O3/c1-14(2)24-21(28)16-10-12-26(13-11-16)22(29)18-8-9-19(27)25(3)20(18)15-4-6-17(23)7-5-15/h4-7,14,16,18,20H,8-13H2,1-3H3,(H,24,28). The van der Waals surface area contributed by atoms with E-state index in [-0.39, 0.29) is 41.4 Å². The SMILES string of the molecule is CC(C)NC(=O)C1CCN(C(=O)C2CCC(=O)N(C)C2c2ccc(F)cc2)CC1. The van der Waals surface area contributed by atoms with Gasteiger partial charge >= 0.3 is 0 Å². The summed E-state index contributed by atoms with van der Waals surface area (Å²) in [4.78, 5) is 41.3. The summed E-state index contributed by atoms with van der Waals surface area (Å²) in [5, 5.41) is 2.95. The van der Waals surface area contributed by atoms with Gasteiger partial charge in [-0.3, -0.25) is 14.4 Å². The molecule has 2 saturated heterocycles. The van der Waals surface area contributed by atoms with Crippen LogP contribution in [0.2, 0.25) is 0 Å². The zero-order valence-corrected chi connectivity index (χ0v) is 17.4. The van der Waals surface area contributed by atoms with Gasteiger partial charge in [0.1, 0.15) is 5.82 Å². The first-order chi connectivity index (χ1) is 13.8. The minimum atomic E-state index is -0.397. The quantitative estimate of drug-likeness (QED) is 0.840. The van der Waals surface area contributed by atoms with Gasteiger partial charge in [0, 0.05) is 38.5 Å². The normalized spacial score (nSPS) is 23.4. The Morgan fingerprint density at radius 2 is 1.72 bits per heavy atom. The van der Waals surface area contributed by atoms with Crippen molar-refractivity contribution in [2.75, 3.05) is 20.1 Å². The predicted octanol–water partition coefficient (Wildman–Crippen LogP) is 2.50. The van der Waals surface area contributed by atoms with E-state index < -0.39 is 6.04 Å². The Morgan fingerprint density at radius 1 is 1.10 bits per heavy atom. The molecule has 3 amide bonds. The summed E-state index contributed by atoms with van der Waals surface area (Å²) in [5.41, 5.74) is 0.770. The van der Waals surface area contributed by atoms with E-state index >= 15 is 0 Å². The molecular weight excluding hydrogens is 373 g/mol. The van der Waals surface area contributed by atoms with E-state index in [9.17, 15) is 18.8 Å². The molecule has 1 aromatic carbocycles. The van der Waals surface area contributed by atoms with E-state index in [1.807, 2.05) is 18.7 Å².